The average molecular weight is 194 g/mol. The smallest absolute Gasteiger partial charge is 0.126 e. The molecule has 3 heteroatoms. The van der Waals surface area contributed by atoms with Crippen LogP contribution in [0.1, 0.15) is 12.5 Å². The van der Waals surface area contributed by atoms with Crippen LogP contribution in [0.3, 0.4) is 0 Å². The molecule has 3 N–H and O–H groups in total. The zero-order valence-electron chi connectivity index (χ0n) is 8.26. The van der Waals surface area contributed by atoms with Crippen LogP contribution < -0.4 is 11.3 Å². The van der Waals surface area contributed by atoms with E-state index in [1.807, 2.05) is 13.0 Å². The third-order valence-electron chi connectivity index (χ3n) is 2.18. The van der Waals surface area contributed by atoms with Crippen LogP contribution in [0.4, 0.5) is 4.39 Å². The van der Waals surface area contributed by atoms with Gasteiger partial charge in [-0.2, -0.15) is 0 Å². The van der Waals surface area contributed by atoms with Gasteiger partial charge in [-0.15, -0.1) is 0 Å². The van der Waals surface area contributed by atoms with Gasteiger partial charge in [0.05, 0.1) is 0 Å². The van der Waals surface area contributed by atoms with Crippen molar-refractivity contribution in [3.63, 3.8) is 0 Å². The topological polar surface area (TPSA) is 38.0 Å². The maximum Gasteiger partial charge on any atom is 0.126 e. The van der Waals surface area contributed by atoms with Gasteiger partial charge in [0.15, 0.2) is 0 Å². The van der Waals surface area contributed by atoms with E-state index in [1.165, 1.54) is 6.07 Å². The van der Waals surface area contributed by atoms with Crippen LogP contribution in [0.5, 0.6) is 0 Å². The molecule has 2 nitrogen and oxygen atoms in total. The summed E-state index contributed by atoms with van der Waals surface area (Å²) in [5.74, 6) is 5.14. The van der Waals surface area contributed by atoms with E-state index >= 15 is 0 Å². The van der Waals surface area contributed by atoms with E-state index in [4.69, 9.17) is 5.84 Å². The van der Waals surface area contributed by atoms with E-state index < -0.39 is 0 Å². The van der Waals surface area contributed by atoms with E-state index in [0.717, 1.165) is 5.57 Å². The number of halogens is 1. The van der Waals surface area contributed by atoms with Crippen LogP contribution in [-0.2, 0) is 6.42 Å². The Hall–Kier alpha value is -1.19. The highest BCUT2D eigenvalue weighted by atomic mass is 19.1. The summed E-state index contributed by atoms with van der Waals surface area (Å²) in [5, 5.41) is 0. The molecule has 0 spiro atoms. The SMILES string of the molecule is C=C(C)C(Cc1ccccc1F)NN. The lowest BCUT2D eigenvalue weighted by Gasteiger charge is -2.15. The maximum absolute atomic E-state index is 13.3. The standard InChI is InChI=1S/C11H15FN2/c1-8(2)11(14-13)7-9-5-3-4-6-10(9)12/h3-6,11,14H,1,7,13H2,2H3. The molecule has 0 saturated heterocycles. The molecule has 0 aliphatic carbocycles. The van der Waals surface area contributed by atoms with E-state index in [1.54, 1.807) is 12.1 Å². The monoisotopic (exact) mass is 194 g/mol. The Morgan fingerprint density at radius 2 is 2.21 bits per heavy atom. The predicted molar refractivity (Wildman–Crippen MR) is 56.0 cm³/mol. The number of rotatable bonds is 4. The molecule has 1 unspecified atom stereocenters. The van der Waals surface area contributed by atoms with Gasteiger partial charge < -0.3 is 0 Å². The minimum absolute atomic E-state index is 0.0769. The molecule has 0 radical (unpaired) electrons. The number of hydrogen-bond donors (Lipinski definition) is 2. The van der Waals surface area contributed by atoms with Crippen LogP contribution in [0.25, 0.3) is 0 Å². The van der Waals surface area contributed by atoms with Crippen LogP contribution in [0, 0.1) is 5.82 Å². The highest BCUT2D eigenvalue weighted by Gasteiger charge is 2.10. The first-order valence-corrected chi connectivity index (χ1v) is 4.50. The van der Waals surface area contributed by atoms with E-state index in [2.05, 4.69) is 12.0 Å². The van der Waals surface area contributed by atoms with Crippen LogP contribution >= 0.6 is 0 Å². The van der Waals surface area contributed by atoms with Gasteiger partial charge >= 0.3 is 0 Å². The van der Waals surface area contributed by atoms with Crippen LogP contribution in [0.2, 0.25) is 0 Å². The van der Waals surface area contributed by atoms with Gasteiger partial charge in [0.1, 0.15) is 5.82 Å². The maximum atomic E-state index is 13.3. The second kappa shape index (κ2) is 4.88. The Bertz CT molecular complexity index is 323. The minimum atomic E-state index is -0.200. The Kier molecular flexibility index (Phi) is 3.80. The molecule has 0 aromatic heterocycles. The lowest BCUT2D eigenvalue weighted by Crippen LogP contribution is -2.37. The zero-order valence-corrected chi connectivity index (χ0v) is 8.26. The van der Waals surface area contributed by atoms with Crippen molar-refractivity contribution in [2.75, 3.05) is 0 Å². The third-order valence-corrected chi connectivity index (χ3v) is 2.18. The fourth-order valence-corrected chi connectivity index (χ4v) is 1.26. The molecule has 1 aromatic carbocycles. The number of hydrazine groups is 1. The Morgan fingerprint density at radius 3 is 2.71 bits per heavy atom. The molecule has 0 aliphatic rings. The van der Waals surface area contributed by atoms with Gasteiger partial charge in [-0.3, -0.25) is 11.3 Å². The van der Waals surface area contributed by atoms with Crippen LogP contribution in [-0.4, -0.2) is 6.04 Å². The summed E-state index contributed by atoms with van der Waals surface area (Å²) in [6, 6.07) is 6.60. The molecule has 1 rings (SSSR count). The second-order valence-electron chi connectivity index (χ2n) is 3.36. The fraction of sp³-hybridized carbons (Fsp3) is 0.273. The van der Waals surface area contributed by atoms with Crippen molar-refractivity contribution in [1.29, 1.82) is 0 Å². The lowest BCUT2D eigenvalue weighted by molar-refractivity contribution is 0.557. The van der Waals surface area contributed by atoms with Crippen molar-refractivity contribution in [2.45, 2.75) is 19.4 Å². The summed E-state index contributed by atoms with van der Waals surface area (Å²) in [7, 11) is 0. The first-order valence-electron chi connectivity index (χ1n) is 4.50. The largest absolute Gasteiger partial charge is 0.271 e. The number of benzene rings is 1. The summed E-state index contributed by atoms with van der Waals surface area (Å²) in [6.07, 6.45) is 0.526. The minimum Gasteiger partial charge on any atom is -0.271 e. The predicted octanol–water partition coefficient (Wildman–Crippen LogP) is 1.78. The molecule has 0 fully saturated rings. The molecular weight excluding hydrogens is 179 g/mol. The number of nitrogens with two attached hydrogens (primary N) is 1. The molecule has 0 amide bonds. The molecule has 0 saturated carbocycles. The molecule has 0 bridgehead atoms. The van der Waals surface area contributed by atoms with Crippen molar-refractivity contribution in [2.24, 2.45) is 5.84 Å². The van der Waals surface area contributed by atoms with Gasteiger partial charge in [-0.25, -0.2) is 4.39 Å². The summed E-state index contributed by atoms with van der Waals surface area (Å²) in [6.45, 7) is 5.65. The van der Waals surface area contributed by atoms with E-state index in [9.17, 15) is 4.39 Å². The van der Waals surface area contributed by atoms with Crippen molar-refractivity contribution in [3.8, 4) is 0 Å². The van der Waals surface area contributed by atoms with Gasteiger partial charge in [-0.1, -0.05) is 30.4 Å². The Balaban J connectivity index is 2.77. The fourth-order valence-electron chi connectivity index (χ4n) is 1.26. The molecule has 0 heterocycles. The van der Waals surface area contributed by atoms with Crippen molar-refractivity contribution >= 4 is 0 Å². The van der Waals surface area contributed by atoms with Gasteiger partial charge in [0.25, 0.3) is 0 Å². The van der Waals surface area contributed by atoms with E-state index in [0.29, 0.717) is 12.0 Å². The summed E-state index contributed by atoms with van der Waals surface area (Å²) < 4.78 is 13.3. The first-order chi connectivity index (χ1) is 6.65. The van der Waals surface area contributed by atoms with Crippen LogP contribution in [0.15, 0.2) is 36.4 Å². The first kappa shape index (κ1) is 10.9. The quantitative estimate of drug-likeness (QED) is 0.435. The highest BCUT2D eigenvalue weighted by molar-refractivity contribution is 5.20. The highest BCUT2D eigenvalue weighted by Crippen LogP contribution is 2.11. The molecular formula is C11H15FN2. The van der Waals surface area contributed by atoms with Gasteiger partial charge in [0.2, 0.25) is 0 Å². The molecule has 14 heavy (non-hydrogen) atoms. The van der Waals surface area contributed by atoms with Crippen molar-refractivity contribution < 1.29 is 4.39 Å². The molecule has 1 atom stereocenters. The van der Waals surface area contributed by atoms with Crippen molar-refractivity contribution in [3.05, 3.63) is 47.8 Å². The molecule has 0 aliphatic heterocycles. The number of nitrogens with one attached hydrogen (secondary N) is 1. The Labute approximate surface area is 83.6 Å². The number of hydrogen-bond acceptors (Lipinski definition) is 2. The van der Waals surface area contributed by atoms with Gasteiger partial charge in [-0.05, 0) is 25.0 Å². The third kappa shape index (κ3) is 2.65. The summed E-state index contributed by atoms with van der Waals surface area (Å²) in [4.78, 5) is 0. The normalized spacial score (nSPS) is 12.5. The lowest BCUT2D eigenvalue weighted by atomic mass is 10.0. The molecule has 1 aromatic rings. The zero-order chi connectivity index (χ0) is 10.6. The summed E-state index contributed by atoms with van der Waals surface area (Å²) >= 11 is 0. The molecule has 76 valence electrons. The average Bonchev–Trinajstić information content (AvgIpc) is 2.16. The van der Waals surface area contributed by atoms with E-state index in [-0.39, 0.29) is 11.9 Å². The Morgan fingerprint density at radius 1 is 1.57 bits per heavy atom. The summed E-state index contributed by atoms with van der Waals surface area (Å²) in [5.41, 5.74) is 4.16. The van der Waals surface area contributed by atoms with Crippen molar-refractivity contribution in [1.82, 2.24) is 5.43 Å². The second-order valence-corrected chi connectivity index (χ2v) is 3.36. The van der Waals surface area contributed by atoms with Gasteiger partial charge in [0, 0.05) is 6.04 Å².